The van der Waals surface area contributed by atoms with Gasteiger partial charge in [0.25, 0.3) is 0 Å². The largest absolute Gasteiger partial charge is 0.337 e. The number of nitrogens with one attached hydrogen (secondary N) is 1. The number of rotatable bonds is 3. The summed E-state index contributed by atoms with van der Waals surface area (Å²) in [5.41, 5.74) is 1.27. The second-order valence-electron chi connectivity index (χ2n) is 7.90. The van der Waals surface area contributed by atoms with Crippen LogP contribution >= 0.6 is 0 Å². The highest BCUT2D eigenvalue weighted by Gasteiger charge is 2.39. The van der Waals surface area contributed by atoms with Crippen LogP contribution in [-0.2, 0) is 0 Å². The lowest BCUT2D eigenvalue weighted by Crippen LogP contribution is -2.50. The fourth-order valence-corrected chi connectivity index (χ4v) is 4.74. The SMILES string of the molecule is CCC(C)n1c(=O)n(C(=O)NC2C[C@H]3CC[C@@H](C2)N3C)c2ccccc21. The second-order valence-corrected chi connectivity index (χ2v) is 7.90. The van der Waals surface area contributed by atoms with E-state index in [1.54, 1.807) is 4.57 Å². The van der Waals surface area contributed by atoms with Gasteiger partial charge < -0.3 is 10.2 Å². The Kier molecular flexibility index (Phi) is 4.39. The van der Waals surface area contributed by atoms with Gasteiger partial charge in [-0.3, -0.25) is 4.57 Å². The Bertz CT molecular complexity index is 870. The first-order chi connectivity index (χ1) is 12.5. The number of carbonyl (C=O) groups is 1. The third kappa shape index (κ3) is 2.67. The minimum atomic E-state index is -0.290. The molecule has 4 atom stereocenters. The molecule has 0 radical (unpaired) electrons. The molecule has 0 saturated carbocycles. The molecular formula is C20H28N4O2. The molecule has 6 heteroatoms. The summed E-state index contributed by atoms with van der Waals surface area (Å²) in [5, 5.41) is 3.14. The molecule has 2 saturated heterocycles. The molecule has 1 N–H and O–H groups in total. The quantitative estimate of drug-likeness (QED) is 0.920. The maximum absolute atomic E-state index is 13.0. The van der Waals surface area contributed by atoms with Crippen molar-refractivity contribution in [2.24, 2.45) is 0 Å². The molecule has 2 bridgehead atoms. The van der Waals surface area contributed by atoms with Crippen LogP contribution in [0, 0.1) is 0 Å². The number of carbonyl (C=O) groups excluding carboxylic acids is 1. The van der Waals surface area contributed by atoms with Crippen LogP contribution in [0.2, 0.25) is 0 Å². The van der Waals surface area contributed by atoms with Gasteiger partial charge in [0, 0.05) is 24.2 Å². The lowest BCUT2D eigenvalue weighted by Gasteiger charge is -2.36. The standard InChI is InChI=1S/C20H28N4O2/c1-4-13(2)23-17-7-5-6-8-18(17)24(20(23)26)19(25)21-14-11-15-9-10-16(12-14)22(15)3/h5-8,13-16H,4,9-12H2,1-3H3,(H,21,25)/t13?,14?,15-,16+. The van der Waals surface area contributed by atoms with Crippen LogP contribution in [-0.4, -0.2) is 45.2 Å². The van der Waals surface area contributed by atoms with Crippen molar-refractivity contribution < 1.29 is 4.79 Å². The maximum atomic E-state index is 13.0. The van der Waals surface area contributed by atoms with E-state index in [9.17, 15) is 9.59 Å². The first kappa shape index (κ1) is 17.3. The van der Waals surface area contributed by atoms with E-state index < -0.39 is 0 Å². The molecule has 2 fully saturated rings. The minimum Gasteiger partial charge on any atom is -0.334 e. The number of nitrogens with zero attached hydrogens (tertiary/aromatic N) is 3. The van der Waals surface area contributed by atoms with Crippen molar-refractivity contribution in [2.75, 3.05) is 7.05 Å². The van der Waals surface area contributed by atoms with Gasteiger partial charge in [-0.05, 0) is 58.2 Å². The number of benzene rings is 1. The molecule has 26 heavy (non-hydrogen) atoms. The van der Waals surface area contributed by atoms with Crippen LogP contribution in [0.4, 0.5) is 4.79 Å². The van der Waals surface area contributed by atoms with Crippen LogP contribution in [0.5, 0.6) is 0 Å². The average Bonchev–Trinajstić information content (AvgIpc) is 3.01. The molecule has 1 aromatic heterocycles. The van der Waals surface area contributed by atoms with Gasteiger partial charge in [0.2, 0.25) is 0 Å². The van der Waals surface area contributed by atoms with Crippen molar-refractivity contribution >= 4 is 17.1 Å². The predicted molar refractivity (Wildman–Crippen MR) is 103 cm³/mol. The Morgan fingerprint density at radius 3 is 2.42 bits per heavy atom. The van der Waals surface area contributed by atoms with E-state index in [1.807, 2.05) is 31.2 Å². The van der Waals surface area contributed by atoms with Gasteiger partial charge in [-0.15, -0.1) is 0 Å². The van der Waals surface area contributed by atoms with Gasteiger partial charge in [0.15, 0.2) is 0 Å². The Morgan fingerprint density at radius 2 is 1.81 bits per heavy atom. The zero-order valence-corrected chi connectivity index (χ0v) is 15.8. The third-order valence-electron chi connectivity index (χ3n) is 6.44. The lowest BCUT2D eigenvalue weighted by atomic mass is 9.98. The summed E-state index contributed by atoms with van der Waals surface area (Å²) in [4.78, 5) is 28.5. The van der Waals surface area contributed by atoms with E-state index in [2.05, 4.69) is 24.2 Å². The van der Waals surface area contributed by atoms with E-state index >= 15 is 0 Å². The smallest absolute Gasteiger partial charge is 0.334 e. The summed E-state index contributed by atoms with van der Waals surface area (Å²) >= 11 is 0. The molecule has 0 aliphatic carbocycles. The number of imidazole rings is 1. The van der Waals surface area contributed by atoms with E-state index in [1.165, 1.54) is 17.4 Å². The highest BCUT2D eigenvalue weighted by molar-refractivity contribution is 5.89. The van der Waals surface area contributed by atoms with Crippen LogP contribution in [0.25, 0.3) is 11.0 Å². The van der Waals surface area contributed by atoms with Crippen molar-refractivity contribution in [3.05, 3.63) is 34.7 Å². The first-order valence-corrected chi connectivity index (χ1v) is 9.76. The van der Waals surface area contributed by atoms with Crippen LogP contribution in [0.1, 0.15) is 52.0 Å². The highest BCUT2D eigenvalue weighted by atomic mass is 16.2. The molecule has 2 aliphatic rings. The summed E-state index contributed by atoms with van der Waals surface area (Å²) < 4.78 is 3.06. The van der Waals surface area contributed by atoms with E-state index in [0.717, 1.165) is 24.8 Å². The maximum Gasteiger partial charge on any atom is 0.337 e. The molecule has 1 amide bonds. The molecule has 4 rings (SSSR count). The van der Waals surface area contributed by atoms with E-state index in [0.29, 0.717) is 17.6 Å². The molecule has 1 aromatic carbocycles. The number of amides is 1. The molecular weight excluding hydrogens is 328 g/mol. The van der Waals surface area contributed by atoms with Gasteiger partial charge >= 0.3 is 11.7 Å². The van der Waals surface area contributed by atoms with E-state index in [-0.39, 0.29) is 23.8 Å². The number of para-hydroxylation sites is 2. The molecule has 2 aromatic rings. The summed E-state index contributed by atoms with van der Waals surface area (Å²) in [6, 6.07) is 8.58. The van der Waals surface area contributed by atoms with Gasteiger partial charge in [-0.25, -0.2) is 14.2 Å². The van der Waals surface area contributed by atoms with Crippen LogP contribution < -0.4 is 11.0 Å². The van der Waals surface area contributed by atoms with Gasteiger partial charge in [-0.1, -0.05) is 19.1 Å². The van der Waals surface area contributed by atoms with Crippen molar-refractivity contribution in [3.63, 3.8) is 0 Å². The normalized spacial score (nSPS) is 27.0. The fourth-order valence-electron chi connectivity index (χ4n) is 4.74. The molecule has 2 aliphatic heterocycles. The van der Waals surface area contributed by atoms with Crippen molar-refractivity contribution in [1.29, 1.82) is 0 Å². The number of hydrogen-bond donors (Lipinski definition) is 1. The zero-order valence-electron chi connectivity index (χ0n) is 15.8. The Morgan fingerprint density at radius 1 is 1.19 bits per heavy atom. The summed E-state index contributed by atoms with van der Waals surface area (Å²) in [6.07, 6.45) is 5.20. The summed E-state index contributed by atoms with van der Waals surface area (Å²) in [6.45, 7) is 4.07. The number of piperidine rings is 1. The predicted octanol–water partition coefficient (Wildman–Crippen LogP) is 2.96. The van der Waals surface area contributed by atoms with Gasteiger partial charge in [0.1, 0.15) is 0 Å². The second kappa shape index (κ2) is 6.58. The number of aromatic nitrogens is 2. The van der Waals surface area contributed by atoms with Crippen LogP contribution in [0.3, 0.4) is 0 Å². The fraction of sp³-hybridized carbons (Fsp3) is 0.600. The van der Waals surface area contributed by atoms with Gasteiger partial charge in [0.05, 0.1) is 11.0 Å². The van der Waals surface area contributed by atoms with Crippen LogP contribution in [0.15, 0.2) is 29.1 Å². The topological polar surface area (TPSA) is 59.3 Å². The van der Waals surface area contributed by atoms with Crippen molar-refractivity contribution in [1.82, 2.24) is 19.4 Å². The monoisotopic (exact) mass is 356 g/mol. The third-order valence-corrected chi connectivity index (χ3v) is 6.44. The zero-order chi connectivity index (χ0) is 18.4. The summed E-state index contributed by atoms with van der Waals surface area (Å²) in [5.74, 6) is 0. The average molecular weight is 356 g/mol. The Hall–Kier alpha value is -2.08. The van der Waals surface area contributed by atoms with Crippen molar-refractivity contribution in [2.45, 2.75) is 70.1 Å². The molecule has 0 spiro atoms. The molecule has 2 unspecified atom stereocenters. The van der Waals surface area contributed by atoms with Gasteiger partial charge in [-0.2, -0.15) is 0 Å². The molecule has 140 valence electrons. The minimum absolute atomic E-state index is 0.0561. The molecule has 3 heterocycles. The van der Waals surface area contributed by atoms with Crippen molar-refractivity contribution in [3.8, 4) is 0 Å². The Labute approximate surface area is 153 Å². The lowest BCUT2D eigenvalue weighted by molar-refractivity contribution is 0.149. The molecule has 6 nitrogen and oxygen atoms in total. The number of hydrogen-bond acceptors (Lipinski definition) is 3. The summed E-state index contributed by atoms with van der Waals surface area (Å²) in [7, 11) is 2.19. The van der Waals surface area contributed by atoms with E-state index in [4.69, 9.17) is 0 Å². The number of fused-ring (bicyclic) bond motifs is 3. The Balaban J connectivity index is 1.65. The highest BCUT2D eigenvalue weighted by Crippen LogP contribution is 2.34. The first-order valence-electron chi connectivity index (χ1n) is 9.76.